The molecule has 0 radical (unpaired) electrons. The number of benzene rings is 3. The van der Waals surface area contributed by atoms with E-state index >= 15 is 0 Å². The van der Waals surface area contributed by atoms with Gasteiger partial charge in [-0.2, -0.15) is 0 Å². The van der Waals surface area contributed by atoms with Crippen molar-refractivity contribution in [2.24, 2.45) is 0 Å². The highest BCUT2D eigenvalue weighted by atomic mass is 35.5. The second-order valence-corrected chi connectivity index (χ2v) is 8.44. The molecule has 172 valence electrons. The summed E-state index contributed by atoms with van der Waals surface area (Å²) in [6.07, 6.45) is 0. The van der Waals surface area contributed by atoms with E-state index in [1.807, 2.05) is 54.6 Å². The van der Waals surface area contributed by atoms with Crippen molar-refractivity contribution in [3.05, 3.63) is 105 Å². The number of hydrogen-bond acceptors (Lipinski definition) is 7. The lowest BCUT2D eigenvalue weighted by molar-refractivity contribution is -0.384. The quantitative estimate of drug-likeness (QED) is 0.279. The smallest absolute Gasteiger partial charge is 0.269 e. The van der Waals surface area contributed by atoms with E-state index in [0.717, 1.165) is 43.0 Å². The van der Waals surface area contributed by atoms with Crippen LogP contribution in [0.3, 0.4) is 0 Å². The van der Waals surface area contributed by atoms with Crippen LogP contribution in [0.5, 0.6) is 0 Å². The molecular weight excluding hydrogens is 454 g/mol. The first-order valence-corrected chi connectivity index (χ1v) is 11.3. The zero-order chi connectivity index (χ0) is 23.5. The number of non-ortho nitro benzene ring substituents is 1. The highest BCUT2D eigenvalue weighted by Crippen LogP contribution is 2.35. The molecule has 0 unspecified atom stereocenters. The van der Waals surface area contributed by atoms with Gasteiger partial charge in [0.1, 0.15) is 6.04 Å². The van der Waals surface area contributed by atoms with Gasteiger partial charge in [-0.3, -0.25) is 15.0 Å². The van der Waals surface area contributed by atoms with Crippen molar-refractivity contribution in [3.8, 4) is 11.5 Å². The lowest BCUT2D eigenvalue weighted by atomic mass is 10.0. The first-order chi connectivity index (χ1) is 16.6. The van der Waals surface area contributed by atoms with E-state index in [-0.39, 0.29) is 16.7 Å². The molecule has 0 saturated carbocycles. The standard InChI is InChI=1S/C25H22ClN5O3/c26-22-9-5-4-8-21(22)23(25-28-27-24(34-25)18-6-2-1-3-7-18)30-16-14-29(15-17-30)19-10-12-20(13-11-19)31(32)33/h1-13,23H,14-17H2/t23-/m0/s1. The fourth-order valence-electron chi connectivity index (χ4n) is 4.25. The van der Waals surface area contributed by atoms with Crippen LogP contribution in [-0.2, 0) is 0 Å². The van der Waals surface area contributed by atoms with Crippen LogP contribution in [0.4, 0.5) is 11.4 Å². The first-order valence-electron chi connectivity index (χ1n) is 11.0. The highest BCUT2D eigenvalue weighted by molar-refractivity contribution is 6.31. The van der Waals surface area contributed by atoms with Crippen LogP contribution in [0.1, 0.15) is 17.5 Å². The van der Waals surface area contributed by atoms with Crippen molar-refractivity contribution < 1.29 is 9.34 Å². The Hall–Kier alpha value is -3.75. The van der Waals surface area contributed by atoms with Crippen molar-refractivity contribution >= 4 is 23.0 Å². The lowest BCUT2D eigenvalue weighted by Gasteiger charge is -2.39. The average Bonchev–Trinajstić information content (AvgIpc) is 3.36. The third-order valence-electron chi connectivity index (χ3n) is 6.00. The van der Waals surface area contributed by atoms with E-state index in [4.69, 9.17) is 16.0 Å². The molecule has 1 aliphatic heterocycles. The van der Waals surface area contributed by atoms with E-state index in [1.165, 1.54) is 12.1 Å². The van der Waals surface area contributed by atoms with Gasteiger partial charge in [-0.05, 0) is 35.9 Å². The maximum absolute atomic E-state index is 11.0. The molecule has 1 saturated heterocycles. The molecular formula is C25H22ClN5O3. The number of nitro groups is 1. The largest absolute Gasteiger partial charge is 0.419 e. The average molecular weight is 476 g/mol. The van der Waals surface area contributed by atoms with Gasteiger partial charge >= 0.3 is 0 Å². The lowest BCUT2D eigenvalue weighted by Crippen LogP contribution is -2.48. The molecule has 2 heterocycles. The Morgan fingerprint density at radius 2 is 1.56 bits per heavy atom. The third kappa shape index (κ3) is 4.50. The summed E-state index contributed by atoms with van der Waals surface area (Å²) in [5.74, 6) is 0.966. The fraction of sp³-hybridized carbons (Fsp3) is 0.200. The minimum absolute atomic E-state index is 0.0896. The zero-order valence-electron chi connectivity index (χ0n) is 18.3. The van der Waals surface area contributed by atoms with Crippen molar-refractivity contribution in [2.45, 2.75) is 6.04 Å². The van der Waals surface area contributed by atoms with Crippen LogP contribution in [-0.4, -0.2) is 46.2 Å². The van der Waals surface area contributed by atoms with E-state index in [0.29, 0.717) is 16.8 Å². The fourth-order valence-corrected chi connectivity index (χ4v) is 4.49. The molecule has 5 rings (SSSR count). The molecule has 0 amide bonds. The number of hydrogen-bond donors (Lipinski definition) is 0. The molecule has 0 aliphatic carbocycles. The van der Waals surface area contributed by atoms with Gasteiger partial charge in [0.05, 0.1) is 4.92 Å². The highest BCUT2D eigenvalue weighted by Gasteiger charge is 2.32. The second-order valence-electron chi connectivity index (χ2n) is 8.03. The summed E-state index contributed by atoms with van der Waals surface area (Å²) in [5.41, 5.74) is 2.83. The second kappa shape index (κ2) is 9.62. The third-order valence-corrected chi connectivity index (χ3v) is 6.34. The van der Waals surface area contributed by atoms with Gasteiger partial charge in [-0.25, -0.2) is 0 Å². The molecule has 9 heteroatoms. The van der Waals surface area contributed by atoms with Gasteiger partial charge in [0, 0.05) is 54.6 Å². The molecule has 0 bridgehead atoms. The summed E-state index contributed by atoms with van der Waals surface area (Å²) in [4.78, 5) is 15.1. The Labute approximate surface area is 201 Å². The van der Waals surface area contributed by atoms with Gasteiger partial charge in [0.2, 0.25) is 11.8 Å². The molecule has 1 fully saturated rings. The van der Waals surface area contributed by atoms with Gasteiger partial charge in [0.25, 0.3) is 5.69 Å². The minimum Gasteiger partial charge on any atom is -0.419 e. The van der Waals surface area contributed by atoms with E-state index < -0.39 is 0 Å². The van der Waals surface area contributed by atoms with Crippen LogP contribution >= 0.6 is 11.6 Å². The minimum atomic E-state index is -0.385. The van der Waals surface area contributed by atoms with Crippen LogP contribution in [0.15, 0.2) is 83.3 Å². The summed E-state index contributed by atoms with van der Waals surface area (Å²) in [6, 6.07) is 23.8. The number of nitrogens with zero attached hydrogens (tertiary/aromatic N) is 5. The number of aromatic nitrogens is 2. The van der Waals surface area contributed by atoms with Crippen molar-refractivity contribution in [3.63, 3.8) is 0 Å². The summed E-state index contributed by atoms with van der Waals surface area (Å²) >= 11 is 6.59. The first kappa shape index (κ1) is 22.1. The topological polar surface area (TPSA) is 88.5 Å². The SMILES string of the molecule is O=[N+]([O-])c1ccc(N2CCN([C@H](c3nnc(-c4ccccc4)o3)c3ccccc3Cl)CC2)cc1. The number of nitro benzene ring substituents is 1. The predicted octanol–water partition coefficient (Wildman–Crippen LogP) is 5.21. The Balaban J connectivity index is 1.39. The number of halogens is 1. The van der Waals surface area contributed by atoms with Crippen LogP contribution in [0.2, 0.25) is 5.02 Å². The number of anilines is 1. The zero-order valence-corrected chi connectivity index (χ0v) is 19.0. The summed E-state index contributed by atoms with van der Waals surface area (Å²) in [6.45, 7) is 2.96. The normalized spacial score (nSPS) is 15.3. The van der Waals surface area contributed by atoms with Crippen LogP contribution in [0, 0.1) is 10.1 Å². The maximum Gasteiger partial charge on any atom is 0.269 e. The number of rotatable bonds is 6. The van der Waals surface area contributed by atoms with E-state index in [1.54, 1.807) is 12.1 Å². The van der Waals surface area contributed by atoms with Crippen molar-refractivity contribution in [1.82, 2.24) is 15.1 Å². The molecule has 4 aromatic rings. The molecule has 0 spiro atoms. The molecule has 8 nitrogen and oxygen atoms in total. The van der Waals surface area contributed by atoms with Gasteiger partial charge in [-0.1, -0.05) is 48.0 Å². The van der Waals surface area contributed by atoms with Gasteiger partial charge in [-0.15, -0.1) is 10.2 Å². The number of piperazine rings is 1. The van der Waals surface area contributed by atoms with Crippen LogP contribution < -0.4 is 4.90 Å². The van der Waals surface area contributed by atoms with Gasteiger partial charge < -0.3 is 9.32 Å². The molecule has 1 aliphatic rings. The van der Waals surface area contributed by atoms with Crippen molar-refractivity contribution in [1.29, 1.82) is 0 Å². The maximum atomic E-state index is 11.0. The summed E-state index contributed by atoms with van der Waals surface area (Å²) in [7, 11) is 0. The molecule has 1 aromatic heterocycles. The molecule has 1 atom stereocenters. The summed E-state index contributed by atoms with van der Waals surface area (Å²) < 4.78 is 6.14. The monoisotopic (exact) mass is 475 g/mol. The Morgan fingerprint density at radius 3 is 2.24 bits per heavy atom. The Bertz CT molecular complexity index is 1270. The van der Waals surface area contributed by atoms with Crippen LogP contribution in [0.25, 0.3) is 11.5 Å². The van der Waals surface area contributed by atoms with Crippen molar-refractivity contribution in [2.75, 3.05) is 31.1 Å². The van der Waals surface area contributed by atoms with E-state index in [2.05, 4.69) is 20.0 Å². The molecule has 34 heavy (non-hydrogen) atoms. The predicted molar refractivity (Wildman–Crippen MR) is 130 cm³/mol. The molecule has 0 N–H and O–H groups in total. The van der Waals surface area contributed by atoms with E-state index in [9.17, 15) is 10.1 Å². The molecule has 3 aromatic carbocycles. The Kier molecular flexibility index (Phi) is 6.24. The summed E-state index contributed by atoms with van der Waals surface area (Å²) in [5, 5.41) is 20.3. The van der Waals surface area contributed by atoms with Gasteiger partial charge in [0.15, 0.2) is 0 Å². The Morgan fingerprint density at radius 1 is 0.882 bits per heavy atom.